The van der Waals surface area contributed by atoms with Gasteiger partial charge in [0.25, 0.3) is 0 Å². The molecule has 0 fully saturated rings. The Morgan fingerprint density at radius 2 is 1.92 bits per heavy atom. The van der Waals surface area contributed by atoms with Crippen LogP contribution in [0, 0.1) is 6.92 Å². The Labute approximate surface area is 149 Å². The average molecular weight is 352 g/mol. The summed E-state index contributed by atoms with van der Waals surface area (Å²) < 4.78 is 0. The summed E-state index contributed by atoms with van der Waals surface area (Å²) in [5.41, 5.74) is 7.61. The molecule has 24 heavy (non-hydrogen) atoms. The first kappa shape index (κ1) is 20.5. The minimum atomic E-state index is -0.288. The van der Waals surface area contributed by atoms with E-state index in [2.05, 4.69) is 17.6 Å². The highest BCUT2D eigenvalue weighted by Gasteiger charge is 2.18. The van der Waals surface area contributed by atoms with E-state index in [1.165, 1.54) is 11.8 Å². The molecule has 0 aliphatic carbocycles. The number of aryl methyl sites for hydroxylation is 1. The van der Waals surface area contributed by atoms with E-state index in [0.29, 0.717) is 6.54 Å². The highest BCUT2D eigenvalue weighted by molar-refractivity contribution is 8.01. The largest absolute Gasteiger partial charge is 0.351 e. The van der Waals surface area contributed by atoms with Crippen LogP contribution < -0.4 is 16.4 Å². The monoisotopic (exact) mass is 351 g/mol. The van der Waals surface area contributed by atoms with Crippen molar-refractivity contribution >= 4 is 29.3 Å². The number of anilines is 1. The topological polar surface area (TPSA) is 84.2 Å². The van der Waals surface area contributed by atoms with Gasteiger partial charge in [0.2, 0.25) is 11.8 Å². The Hall–Kier alpha value is -1.53. The smallest absolute Gasteiger partial charge is 0.234 e. The standard InChI is InChI=1S/C18H29N3O2S/c1-4-5-6-16(11-19)21-18(23)14(3)24-12-17(22)20-15-9-7-13(2)8-10-15/h7-10,14,16H,4-6,11-12,19H2,1-3H3,(H,20,22)(H,21,23). The zero-order valence-corrected chi connectivity index (χ0v) is 15.6. The van der Waals surface area contributed by atoms with E-state index in [4.69, 9.17) is 5.73 Å². The molecule has 4 N–H and O–H groups in total. The molecular weight excluding hydrogens is 322 g/mol. The van der Waals surface area contributed by atoms with Crippen molar-refractivity contribution in [3.8, 4) is 0 Å². The third-order valence-electron chi connectivity index (χ3n) is 3.71. The van der Waals surface area contributed by atoms with Gasteiger partial charge < -0.3 is 16.4 Å². The highest BCUT2D eigenvalue weighted by Crippen LogP contribution is 2.13. The van der Waals surface area contributed by atoms with E-state index >= 15 is 0 Å². The van der Waals surface area contributed by atoms with Crippen molar-refractivity contribution in [1.29, 1.82) is 0 Å². The number of carbonyl (C=O) groups excluding carboxylic acids is 2. The van der Waals surface area contributed by atoms with Crippen molar-refractivity contribution in [2.24, 2.45) is 5.73 Å². The first-order chi connectivity index (χ1) is 11.5. The van der Waals surface area contributed by atoms with Crippen LogP contribution in [-0.2, 0) is 9.59 Å². The lowest BCUT2D eigenvalue weighted by Gasteiger charge is -2.19. The normalized spacial score (nSPS) is 13.2. The predicted octanol–water partition coefficient (Wildman–Crippen LogP) is 2.69. The number of benzene rings is 1. The Kier molecular flexibility index (Phi) is 9.49. The molecule has 0 bridgehead atoms. The maximum absolute atomic E-state index is 12.2. The molecule has 2 atom stereocenters. The van der Waals surface area contributed by atoms with Gasteiger partial charge in [0.1, 0.15) is 0 Å². The number of thioether (sulfide) groups is 1. The minimum absolute atomic E-state index is 0.0156. The summed E-state index contributed by atoms with van der Waals surface area (Å²) in [5.74, 6) is 0.0737. The number of hydrogen-bond donors (Lipinski definition) is 3. The second-order valence-corrected chi connectivity index (χ2v) is 7.28. The number of nitrogens with one attached hydrogen (secondary N) is 2. The summed E-state index contributed by atoms with van der Waals surface area (Å²) in [6, 6.07) is 7.65. The molecule has 0 saturated carbocycles. The maximum Gasteiger partial charge on any atom is 0.234 e. The molecule has 0 aromatic heterocycles. The highest BCUT2D eigenvalue weighted by atomic mass is 32.2. The molecule has 1 rings (SSSR count). The van der Waals surface area contributed by atoms with E-state index in [-0.39, 0.29) is 28.9 Å². The van der Waals surface area contributed by atoms with Gasteiger partial charge in [0.05, 0.1) is 11.0 Å². The third-order valence-corrected chi connectivity index (χ3v) is 4.85. The Morgan fingerprint density at radius 1 is 1.25 bits per heavy atom. The number of rotatable bonds is 10. The molecular formula is C18H29N3O2S. The lowest BCUT2D eigenvalue weighted by molar-refractivity contribution is -0.121. The molecule has 0 spiro atoms. The zero-order valence-electron chi connectivity index (χ0n) is 14.8. The van der Waals surface area contributed by atoms with Crippen LogP contribution in [-0.4, -0.2) is 35.4 Å². The summed E-state index contributed by atoms with van der Waals surface area (Å²) in [6.45, 7) is 6.36. The van der Waals surface area contributed by atoms with Gasteiger partial charge in [-0.2, -0.15) is 0 Å². The fourth-order valence-electron chi connectivity index (χ4n) is 2.13. The summed E-state index contributed by atoms with van der Waals surface area (Å²) in [7, 11) is 0. The second-order valence-electron chi connectivity index (χ2n) is 5.95. The first-order valence-corrected chi connectivity index (χ1v) is 9.49. The molecule has 6 heteroatoms. The lowest BCUT2D eigenvalue weighted by atomic mass is 10.1. The molecule has 2 amide bonds. The number of amides is 2. The van der Waals surface area contributed by atoms with Crippen LogP contribution in [0.3, 0.4) is 0 Å². The van der Waals surface area contributed by atoms with E-state index in [0.717, 1.165) is 30.5 Å². The Morgan fingerprint density at radius 3 is 2.50 bits per heavy atom. The van der Waals surface area contributed by atoms with Crippen LogP contribution in [0.15, 0.2) is 24.3 Å². The number of nitrogens with two attached hydrogens (primary N) is 1. The third kappa shape index (κ3) is 7.84. The Balaban J connectivity index is 2.35. The van der Waals surface area contributed by atoms with E-state index < -0.39 is 0 Å². The van der Waals surface area contributed by atoms with Crippen LogP contribution in [0.25, 0.3) is 0 Å². The van der Waals surface area contributed by atoms with Crippen LogP contribution in [0.4, 0.5) is 5.69 Å². The molecule has 0 aliphatic rings. The van der Waals surface area contributed by atoms with Crippen molar-refractivity contribution in [1.82, 2.24) is 5.32 Å². The molecule has 5 nitrogen and oxygen atoms in total. The van der Waals surface area contributed by atoms with Gasteiger partial charge in [-0.3, -0.25) is 9.59 Å². The first-order valence-electron chi connectivity index (χ1n) is 8.44. The van der Waals surface area contributed by atoms with Crippen LogP contribution in [0.1, 0.15) is 38.7 Å². The van der Waals surface area contributed by atoms with Gasteiger partial charge >= 0.3 is 0 Å². The zero-order chi connectivity index (χ0) is 17.9. The molecule has 2 unspecified atom stereocenters. The van der Waals surface area contributed by atoms with E-state index in [1.54, 1.807) is 0 Å². The quantitative estimate of drug-likeness (QED) is 0.605. The molecule has 1 aromatic carbocycles. The van der Waals surface area contributed by atoms with Crippen molar-refractivity contribution < 1.29 is 9.59 Å². The van der Waals surface area contributed by atoms with Crippen molar-refractivity contribution in [2.45, 2.75) is 51.3 Å². The van der Waals surface area contributed by atoms with E-state index in [1.807, 2.05) is 38.1 Å². The number of unbranched alkanes of at least 4 members (excludes halogenated alkanes) is 1. The van der Waals surface area contributed by atoms with Gasteiger partial charge in [-0.1, -0.05) is 37.5 Å². The van der Waals surface area contributed by atoms with Gasteiger partial charge in [-0.25, -0.2) is 0 Å². The van der Waals surface area contributed by atoms with E-state index in [9.17, 15) is 9.59 Å². The fourth-order valence-corrected chi connectivity index (χ4v) is 2.82. The van der Waals surface area contributed by atoms with Crippen LogP contribution in [0.2, 0.25) is 0 Å². The molecule has 134 valence electrons. The summed E-state index contributed by atoms with van der Waals surface area (Å²) >= 11 is 1.33. The number of carbonyl (C=O) groups is 2. The Bertz CT molecular complexity index is 520. The van der Waals surface area contributed by atoms with Crippen molar-refractivity contribution in [2.75, 3.05) is 17.6 Å². The SMILES string of the molecule is CCCCC(CN)NC(=O)C(C)SCC(=O)Nc1ccc(C)cc1. The van der Waals surface area contributed by atoms with Crippen LogP contribution in [0.5, 0.6) is 0 Å². The summed E-state index contributed by atoms with van der Waals surface area (Å²) in [5, 5.41) is 5.51. The minimum Gasteiger partial charge on any atom is -0.351 e. The molecule has 0 aliphatic heterocycles. The van der Waals surface area contributed by atoms with Gasteiger partial charge in [-0.15, -0.1) is 11.8 Å². The van der Waals surface area contributed by atoms with Gasteiger partial charge in [0, 0.05) is 18.3 Å². The summed E-state index contributed by atoms with van der Waals surface area (Å²) in [6.07, 6.45) is 3.02. The molecule has 0 heterocycles. The van der Waals surface area contributed by atoms with Gasteiger partial charge in [0.15, 0.2) is 0 Å². The van der Waals surface area contributed by atoms with Gasteiger partial charge in [-0.05, 0) is 32.4 Å². The molecule has 1 aromatic rings. The fraction of sp³-hybridized carbons (Fsp3) is 0.556. The second kappa shape index (κ2) is 11.1. The lowest BCUT2D eigenvalue weighted by Crippen LogP contribution is -2.43. The number of hydrogen-bond acceptors (Lipinski definition) is 4. The van der Waals surface area contributed by atoms with Crippen LogP contribution >= 0.6 is 11.8 Å². The maximum atomic E-state index is 12.2. The molecule has 0 saturated heterocycles. The molecule has 0 radical (unpaired) electrons. The summed E-state index contributed by atoms with van der Waals surface area (Å²) in [4.78, 5) is 24.1. The van der Waals surface area contributed by atoms with Crippen molar-refractivity contribution in [3.05, 3.63) is 29.8 Å². The van der Waals surface area contributed by atoms with Crippen molar-refractivity contribution in [3.63, 3.8) is 0 Å². The average Bonchev–Trinajstić information content (AvgIpc) is 2.58. The predicted molar refractivity (Wildman–Crippen MR) is 102 cm³/mol.